The van der Waals surface area contributed by atoms with Crippen molar-refractivity contribution >= 4 is 0 Å². The number of rotatable bonds is 1. The second-order valence-corrected chi connectivity index (χ2v) is 4.51. The summed E-state index contributed by atoms with van der Waals surface area (Å²) in [5, 5.41) is 0. The van der Waals surface area contributed by atoms with E-state index < -0.39 is 0 Å². The lowest BCUT2D eigenvalue weighted by Crippen LogP contribution is -2.12. The van der Waals surface area contributed by atoms with Crippen molar-refractivity contribution in [2.45, 2.75) is 11.9 Å². The average molecular weight is 224 g/mol. The van der Waals surface area contributed by atoms with Crippen molar-refractivity contribution in [1.29, 1.82) is 0 Å². The van der Waals surface area contributed by atoms with E-state index in [1.165, 1.54) is 22.3 Å². The van der Waals surface area contributed by atoms with E-state index in [1.807, 2.05) is 0 Å². The zero-order valence-electron chi connectivity index (χ0n) is 9.51. The van der Waals surface area contributed by atoms with Crippen LogP contribution in [0.2, 0.25) is 0 Å². The Morgan fingerprint density at radius 1 is 0.941 bits per heavy atom. The Bertz CT molecular complexity index is 558. The molecule has 4 rings (SSSR count). The Hall–Kier alpha value is -1.64. The van der Waals surface area contributed by atoms with Crippen molar-refractivity contribution in [3.63, 3.8) is 0 Å². The molecular weight excluding hydrogens is 212 g/mol. The molecule has 1 unspecified atom stereocenters. The minimum absolute atomic E-state index is 0.146. The summed E-state index contributed by atoms with van der Waals surface area (Å²) in [7, 11) is 1.70. The molecule has 2 nitrogen and oxygen atoms in total. The van der Waals surface area contributed by atoms with Gasteiger partial charge in [0.15, 0.2) is 11.9 Å². The summed E-state index contributed by atoms with van der Waals surface area (Å²) < 4.78 is 11.2. The number of hydrogen-bond donors (Lipinski definition) is 0. The summed E-state index contributed by atoms with van der Waals surface area (Å²) in [5.41, 5.74) is 4.65. The Balaban J connectivity index is 2.05. The molecule has 2 aromatic rings. The summed E-state index contributed by atoms with van der Waals surface area (Å²) in [5.74, 6) is 0. The summed E-state index contributed by atoms with van der Waals surface area (Å²) >= 11 is 0. The molecule has 0 bridgehead atoms. The number of fused-ring (bicyclic) bond motifs is 5. The predicted octanol–water partition coefficient (Wildman–Crippen LogP) is 2.91. The van der Waals surface area contributed by atoms with E-state index in [-0.39, 0.29) is 11.9 Å². The van der Waals surface area contributed by atoms with Crippen molar-refractivity contribution in [2.24, 2.45) is 0 Å². The zero-order chi connectivity index (χ0) is 11.5. The van der Waals surface area contributed by atoms with Crippen LogP contribution in [0.15, 0.2) is 48.5 Å². The molecule has 1 aliphatic carbocycles. The van der Waals surface area contributed by atoms with Gasteiger partial charge in [-0.3, -0.25) is 0 Å². The Morgan fingerprint density at radius 2 is 1.47 bits per heavy atom. The first-order valence-electron chi connectivity index (χ1n) is 5.78. The maximum atomic E-state index is 5.85. The van der Waals surface area contributed by atoms with Gasteiger partial charge in [0.05, 0.1) is 0 Å². The van der Waals surface area contributed by atoms with Gasteiger partial charge < -0.3 is 9.47 Å². The van der Waals surface area contributed by atoms with Gasteiger partial charge in [0.2, 0.25) is 0 Å². The van der Waals surface area contributed by atoms with Gasteiger partial charge in [-0.15, -0.1) is 0 Å². The van der Waals surface area contributed by atoms with Crippen LogP contribution in [0.1, 0.15) is 11.1 Å². The number of methoxy groups -OCH3 is 1. The van der Waals surface area contributed by atoms with Crippen molar-refractivity contribution in [3.8, 4) is 11.1 Å². The van der Waals surface area contributed by atoms with E-state index >= 15 is 0 Å². The topological polar surface area (TPSA) is 21.8 Å². The molecule has 1 saturated heterocycles. The summed E-state index contributed by atoms with van der Waals surface area (Å²) in [6.45, 7) is 0. The van der Waals surface area contributed by atoms with E-state index in [4.69, 9.17) is 9.47 Å². The van der Waals surface area contributed by atoms with E-state index in [0.29, 0.717) is 0 Å². The Kier molecular flexibility index (Phi) is 1.64. The predicted molar refractivity (Wildman–Crippen MR) is 64.5 cm³/mol. The van der Waals surface area contributed by atoms with Gasteiger partial charge in [-0.1, -0.05) is 48.5 Å². The SMILES string of the molecule is COC1OC12c1ccccc1-c1ccccc12. The lowest BCUT2D eigenvalue weighted by Gasteiger charge is -2.06. The molecule has 1 aliphatic heterocycles. The average Bonchev–Trinajstić information content (AvgIpc) is 3.07. The molecule has 0 saturated carbocycles. The molecule has 1 fully saturated rings. The zero-order valence-corrected chi connectivity index (χ0v) is 9.51. The van der Waals surface area contributed by atoms with Crippen LogP contribution in [0.3, 0.4) is 0 Å². The molecule has 1 atom stereocenters. The number of hydrogen-bond acceptors (Lipinski definition) is 2. The fraction of sp³-hybridized carbons (Fsp3) is 0.200. The molecule has 0 radical (unpaired) electrons. The van der Waals surface area contributed by atoms with E-state index in [1.54, 1.807) is 7.11 Å². The van der Waals surface area contributed by atoms with Crippen LogP contribution in [0.4, 0.5) is 0 Å². The molecular formula is C15H12O2. The Morgan fingerprint density at radius 3 is 1.94 bits per heavy atom. The van der Waals surface area contributed by atoms with Gasteiger partial charge in [-0.05, 0) is 11.1 Å². The quantitative estimate of drug-likeness (QED) is 0.695. The molecule has 0 aromatic heterocycles. The van der Waals surface area contributed by atoms with Crippen LogP contribution in [0.5, 0.6) is 0 Å². The Labute approximate surface area is 99.8 Å². The molecule has 84 valence electrons. The van der Waals surface area contributed by atoms with Crippen LogP contribution >= 0.6 is 0 Å². The third kappa shape index (κ3) is 0.978. The largest absolute Gasteiger partial charge is 0.352 e. The standard InChI is InChI=1S/C15H12O2/c1-16-14-15(17-14)12-8-4-2-6-10(12)11-7-3-5-9-13(11)15/h2-9,14H,1H3. The molecule has 1 heterocycles. The van der Waals surface area contributed by atoms with Gasteiger partial charge in [-0.25, -0.2) is 0 Å². The molecule has 2 heteroatoms. The van der Waals surface area contributed by atoms with Crippen LogP contribution in [0, 0.1) is 0 Å². The first-order chi connectivity index (χ1) is 8.38. The maximum Gasteiger partial charge on any atom is 0.196 e. The lowest BCUT2D eigenvalue weighted by atomic mass is 9.97. The summed E-state index contributed by atoms with van der Waals surface area (Å²) in [6, 6.07) is 16.8. The highest BCUT2D eigenvalue weighted by Gasteiger charge is 2.64. The second-order valence-electron chi connectivity index (χ2n) is 4.51. The third-order valence-electron chi connectivity index (χ3n) is 3.73. The van der Waals surface area contributed by atoms with Crippen LogP contribution < -0.4 is 0 Å². The van der Waals surface area contributed by atoms with Crippen LogP contribution in [-0.2, 0) is 15.1 Å². The minimum atomic E-state index is -0.345. The first-order valence-corrected chi connectivity index (χ1v) is 5.78. The van der Waals surface area contributed by atoms with E-state index in [0.717, 1.165) is 0 Å². The maximum absolute atomic E-state index is 5.85. The molecule has 0 amide bonds. The second kappa shape index (κ2) is 2.97. The van der Waals surface area contributed by atoms with Gasteiger partial charge in [0.25, 0.3) is 0 Å². The number of ether oxygens (including phenoxy) is 2. The lowest BCUT2D eigenvalue weighted by molar-refractivity contribution is 0.0950. The van der Waals surface area contributed by atoms with Crippen molar-refractivity contribution in [3.05, 3.63) is 59.7 Å². The normalized spacial score (nSPS) is 22.3. The van der Waals surface area contributed by atoms with E-state index in [9.17, 15) is 0 Å². The summed E-state index contributed by atoms with van der Waals surface area (Å²) in [4.78, 5) is 0. The molecule has 0 N–H and O–H groups in total. The van der Waals surface area contributed by atoms with Crippen molar-refractivity contribution in [2.75, 3.05) is 7.11 Å². The van der Waals surface area contributed by atoms with Crippen molar-refractivity contribution < 1.29 is 9.47 Å². The van der Waals surface area contributed by atoms with E-state index in [2.05, 4.69) is 48.5 Å². The van der Waals surface area contributed by atoms with Crippen LogP contribution in [-0.4, -0.2) is 13.4 Å². The molecule has 1 spiro atoms. The number of epoxide rings is 1. The fourth-order valence-corrected chi connectivity index (χ4v) is 2.96. The minimum Gasteiger partial charge on any atom is -0.352 e. The summed E-state index contributed by atoms with van der Waals surface area (Å²) in [6.07, 6.45) is -0.146. The highest BCUT2D eigenvalue weighted by atomic mass is 16.8. The number of benzene rings is 2. The van der Waals surface area contributed by atoms with Gasteiger partial charge in [0.1, 0.15) is 0 Å². The first kappa shape index (κ1) is 9.40. The third-order valence-corrected chi connectivity index (χ3v) is 3.73. The monoisotopic (exact) mass is 224 g/mol. The van der Waals surface area contributed by atoms with Gasteiger partial charge in [0, 0.05) is 18.2 Å². The molecule has 2 aromatic carbocycles. The van der Waals surface area contributed by atoms with Crippen LogP contribution in [0.25, 0.3) is 11.1 Å². The van der Waals surface area contributed by atoms with Gasteiger partial charge in [-0.2, -0.15) is 0 Å². The van der Waals surface area contributed by atoms with Gasteiger partial charge >= 0.3 is 0 Å². The molecule has 2 aliphatic rings. The highest BCUT2D eigenvalue weighted by molar-refractivity contribution is 5.81. The fourth-order valence-electron chi connectivity index (χ4n) is 2.96. The van der Waals surface area contributed by atoms with Crippen molar-refractivity contribution in [1.82, 2.24) is 0 Å². The smallest absolute Gasteiger partial charge is 0.196 e. The highest BCUT2D eigenvalue weighted by Crippen LogP contribution is 2.60. The molecule has 17 heavy (non-hydrogen) atoms.